The molecule has 60 valence electrons. The van der Waals surface area contributed by atoms with Crippen LogP contribution in [0.15, 0.2) is 0 Å². The van der Waals surface area contributed by atoms with Crippen molar-refractivity contribution in [1.82, 2.24) is 5.32 Å². The molecule has 0 bridgehead atoms. The summed E-state index contributed by atoms with van der Waals surface area (Å²) in [6, 6.07) is -0.336. The Balaban J connectivity index is 3.41. The standard InChI is InChI=1S/C6H14N2OS/c1-8-6(9)5(7)3-4-10-2/h5H,3-4,7H2,1-2H3,(H,8,9)/t5-/m0/s1. The first-order chi connectivity index (χ1) is 4.72. The summed E-state index contributed by atoms with van der Waals surface area (Å²) in [5.74, 6) is 0.864. The fraction of sp³-hybridized carbons (Fsp3) is 0.833. The zero-order valence-electron chi connectivity index (χ0n) is 6.39. The molecule has 0 aromatic carbocycles. The van der Waals surface area contributed by atoms with E-state index in [2.05, 4.69) is 5.32 Å². The van der Waals surface area contributed by atoms with E-state index in [9.17, 15) is 4.79 Å². The van der Waals surface area contributed by atoms with Crippen LogP contribution in [0.1, 0.15) is 6.42 Å². The molecule has 1 atom stereocenters. The molecule has 10 heavy (non-hydrogen) atoms. The van der Waals surface area contributed by atoms with Gasteiger partial charge in [0, 0.05) is 7.05 Å². The first-order valence-electron chi connectivity index (χ1n) is 3.18. The van der Waals surface area contributed by atoms with Crippen LogP contribution in [0.4, 0.5) is 0 Å². The lowest BCUT2D eigenvalue weighted by atomic mass is 10.2. The predicted molar refractivity (Wildman–Crippen MR) is 45.0 cm³/mol. The summed E-state index contributed by atoms with van der Waals surface area (Å²) >= 11 is 1.70. The molecule has 0 aromatic rings. The fourth-order valence-corrected chi connectivity index (χ4v) is 1.05. The van der Waals surface area contributed by atoms with Crippen molar-refractivity contribution in [1.29, 1.82) is 0 Å². The predicted octanol–water partition coefficient (Wildman–Crippen LogP) is -0.187. The van der Waals surface area contributed by atoms with E-state index in [1.165, 1.54) is 0 Å². The Morgan fingerprint density at radius 2 is 2.40 bits per heavy atom. The van der Waals surface area contributed by atoms with Gasteiger partial charge in [0.2, 0.25) is 5.91 Å². The maximum atomic E-state index is 10.8. The average Bonchev–Trinajstić information content (AvgIpc) is 1.98. The van der Waals surface area contributed by atoms with E-state index >= 15 is 0 Å². The Bertz CT molecular complexity index is 108. The van der Waals surface area contributed by atoms with Crippen LogP contribution in [-0.4, -0.2) is 31.0 Å². The molecular weight excluding hydrogens is 148 g/mol. The average molecular weight is 162 g/mol. The number of likely N-dealkylation sites (N-methyl/N-ethyl adjacent to an activating group) is 1. The number of hydrogen-bond donors (Lipinski definition) is 2. The van der Waals surface area contributed by atoms with Gasteiger partial charge in [-0.25, -0.2) is 0 Å². The summed E-state index contributed by atoms with van der Waals surface area (Å²) in [7, 11) is 1.60. The highest BCUT2D eigenvalue weighted by Gasteiger charge is 2.09. The highest BCUT2D eigenvalue weighted by molar-refractivity contribution is 7.98. The minimum Gasteiger partial charge on any atom is -0.358 e. The molecule has 0 radical (unpaired) electrons. The molecule has 3 N–H and O–H groups in total. The SMILES string of the molecule is CNC(=O)[C@@H](N)CCSC. The van der Waals surface area contributed by atoms with Crippen LogP contribution in [-0.2, 0) is 4.79 Å². The van der Waals surface area contributed by atoms with Gasteiger partial charge >= 0.3 is 0 Å². The van der Waals surface area contributed by atoms with E-state index in [-0.39, 0.29) is 11.9 Å². The second kappa shape index (κ2) is 5.56. The molecule has 0 aliphatic carbocycles. The number of hydrogen-bond acceptors (Lipinski definition) is 3. The number of nitrogens with two attached hydrogens (primary N) is 1. The molecule has 3 nitrogen and oxygen atoms in total. The van der Waals surface area contributed by atoms with Gasteiger partial charge in [0.05, 0.1) is 6.04 Å². The number of carbonyl (C=O) groups is 1. The molecule has 1 amide bonds. The maximum absolute atomic E-state index is 10.8. The third-order valence-corrected chi connectivity index (χ3v) is 1.86. The first kappa shape index (κ1) is 9.78. The molecule has 0 aromatic heterocycles. The minimum absolute atomic E-state index is 0.0750. The largest absolute Gasteiger partial charge is 0.358 e. The summed E-state index contributed by atoms with van der Waals surface area (Å²) in [5.41, 5.74) is 5.49. The van der Waals surface area contributed by atoms with E-state index < -0.39 is 0 Å². The van der Waals surface area contributed by atoms with Crippen molar-refractivity contribution >= 4 is 17.7 Å². The van der Waals surface area contributed by atoms with Crippen molar-refractivity contribution in [2.45, 2.75) is 12.5 Å². The summed E-state index contributed by atoms with van der Waals surface area (Å²) in [4.78, 5) is 10.8. The van der Waals surface area contributed by atoms with E-state index in [0.29, 0.717) is 0 Å². The lowest BCUT2D eigenvalue weighted by Gasteiger charge is -2.07. The van der Waals surface area contributed by atoms with Gasteiger partial charge in [0.15, 0.2) is 0 Å². The third-order valence-electron chi connectivity index (χ3n) is 1.22. The molecule has 0 fully saturated rings. The van der Waals surface area contributed by atoms with Gasteiger partial charge in [0.1, 0.15) is 0 Å². The van der Waals surface area contributed by atoms with Gasteiger partial charge in [-0.3, -0.25) is 4.79 Å². The van der Waals surface area contributed by atoms with Gasteiger partial charge in [0.25, 0.3) is 0 Å². The van der Waals surface area contributed by atoms with Crippen molar-refractivity contribution in [2.24, 2.45) is 5.73 Å². The number of carbonyl (C=O) groups excluding carboxylic acids is 1. The second-order valence-corrected chi connectivity index (χ2v) is 2.99. The van der Waals surface area contributed by atoms with Crippen molar-refractivity contribution in [3.05, 3.63) is 0 Å². The van der Waals surface area contributed by atoms with E-state index in [0.717, 1.165) is 12.2 Å². The molecule has 0 spiro atoms. The number of nitrogens with one attached hydrogen (secondary N) is 1. The van der Waals surface area contributed by atoms with Crippen molar-refractivity contribution in [3.63, 3.8) is 0 Å². The van der Waals surface area contributed by atoms with E-state index in [1.807, 2.05) is 6.26 Å². The Kier molecular flexibility index (Phi) is 5.43. The smallest absolute Gasteiger partial charge is 0.236 e. The summed E-state index contributed by atoms with van der Waals surface area (Å²) in [6.07, 6.45) is 2.75. The highest BCUT2D eigenvalue weighted by Crippen LogP contribution is 1.97. The Morgan fingerprint density at radius 1 is 1.80 bits per heavy atom. The summed E-state index contributed by atoms with van der Waals surface area (Å²) in [5, 5.41) is 2.50. The van der Waals surface area contributed by atoms with Gasteiger partial charge in [-0.05, 0) is 18.4 Å². The van der Waals surface area contributed by atoms with Crippen LogP contribution in [0.2, 0.25) is 0 Å². The molecule has 4 heteroatoms. The molecule has 0 saturated heterocycles. The van der Waals surface area contributed by atoms with Crippen LogP contribution in [0.5, 0.6) is 0 Å². The van der Waals surface area contributed by atoms with Gasteiger partial charge in [-0.15, -0.1) is 0 Å². The van der Waals surface area contributed by atoms with E-state index in [1.54, 1.807) is 18.8 Å². The fourth-order valence-electron chi connectivity index (χ4n) is 0.561. The quantitative estimate of drug-likeness (QED) is 0.602. The van der Waals surface area contributed by atoms with Gasteiger partial charge < -0.3 is 11.1 Å². The monoisotopic (exact) mass is 162 g/mol. The normalized spacial score (nSPS) is 12.7. The lowest BCUT2D eigenvalue weighted by Crippen LogP contribution is -2.38. The van der Waals surface area contributed by atoms with Gasteiger partial charge in [-0.1, -0.05) is 0 Å². The molecular formula is C6H14N2OS. The van der Waals surface area contributed by atoms with Gasteiger partial charge in [-0.2, -0.15) is 11.8 Å². The van der Waals surface area contributed by atoms with Crippen LogP contribution < -0.4 is 11.1 Å². The number of amides is 1. The topological polar surface area (TPSA) is 55.1 Å². The van der Waals surface area contributed by atoms with E-state index in [4.69, 9.17) is 5.73 Å². The zero-order chi connectivity index (χ0) is 7.98. The molecule has 0 aliphatic rings. The minimum atomic E-state index is -0.336. The van der Waals surface area contributed by atoms with Crippen LogP contribution >= 0.6 is 11.8 Å². The molecule has 0 unspecified atom stereocenters. The van der Waals surface area contributed by atoms with Crippen molar-refractivity contribution < 1.29 is 4.79 Å². The second-order valence-electron chi connectivity index (χ2n) is 2.00. The van der Waals surface area contributed by atoms with Crippen molar-refractivity contribution in [3.8, 4) is 0 Å². The lowest BCUT2D eigenvalue weighted by molar-refractivity contribution is -0.121. The van der Waals surface area contributed by atoms with Crippen LogP contribution in [0.3, 0.4) is 0 Å². The van der Waals surface area contributed by atoms with Crippen LogP contribution in [0, 0.1) is 0 Å². The Morgan fingerprint density at radius 3 is 2.80 bits per heavy atom. The summed E-state index contributed by atoms with van der Waals surface area (Å²) < 4.78 is 0. The Hall–Kier alpha value is -0.220. The highest BCUT2D eigenvalue weighted by atomic mass is 32.2. The number of rotatable bonds is 4. The summed E-state index contributed by atoms with van der Waals surface area (Å²) in [6.45, 7) is 0. The first-order valence-corrected chi connectivity index (χ1v) is 4.58. The van der Waals surface area contributed by atoms with Crippen LogP contribution in [0.25, 0.3) is 0 Å². The molecule has 0 saturated carbocycles. The molecule has 0 rings (SSSR count). The third kappa shape index (κ3) is 3.74. The van der Waals surface area contributed by atoms with Crippen molar-refractivity contribution in [2.75, 3.05) is 19.1 Å². The molecule has 0 aliphatic heterocycles. The Labute approximate surface area is 65.7 Å². The number of thioether (sulfide) groups is 1. The zero-order valence-corrected chi connectivity index (χ0v) is 7.20. The maximum Gasteiger partial charge on any atom is 0.236 e. The molecule has 0 heterocycles.